The Kier molecular flexibility index (Phi) is 10.9. The van der Waals surface area contributed by atoms with Crippen molar-refractivity contribution in [3.63, 3.8) is 0 Å². The van der Waals surface area contributed by atoms with E-state index in [1.807, 2.05) is 0 Å². The smallest absolute Gasteiger partial charge is 0.348 e. The number of anilines is 1. The van der Waals surface area contributed by atoms with E-state index in [0.717, 1.165) is 22.7 Å². The molecule has 0 saturated carbocycles. The second-order valence-corrected chi connectivity index (χ2v) is 12.5. The van der Waals surface area contributed by atoms with Crippen molar-refractivity contribution >= 4 is 71.5 Å². The second kappa shape index (κ2) is 13.9. The molecule has 2 aromatic heterocycles. The van der Waals surface area contributed by atoms with Gasteiger partial charge in [-0.1, -0.05) is 11.3 Å². The number of carbonyl (C=O) groups excluding carboxylic acids is 4. The number of hydrogen-bond donors (Lipinski definition) is 1. The molecule has 0 aliphatic carbocycles. The van der Waals surface area contributed by atoms with Gasteiger partial charge in [-0.05, 0) is 44.5 Å². The summed E-state index contributed by atoms with van der Waals surface area (Å²) in [6, 6.07) is 4.05. The number of fused-ring (bicyclic) bond motifs is 1. The molecule has 16 heteroatoms. The van der Waals surface area contributed by atoms with Gasteiger partial charge in [-0.25, -0.2) is 22.4 Å². The van der Waals surface area contributed by atoms with Crippen LogP contribution in [-0.4, -0.2) is 75.2 Å². The highest BCUT2D eigenvalue weighted by atomic mass is 32.2. The van der Waals surface area contributed by atoms with Gasteiger partial charge in [-0.15, -0.1) is 11.3 Å². The van der Waals surface area contributed by atoms with Crippen molar-refractivity contribution in [2.75, 3.05) is 43.8 Å². The summed E-state index contributed by atoms with van der Waals surface area (Å²) < 4.78 is 56.3. The summed E-state index contributed by atoms with van der Waals surface area (Å²) in [6.07, 6.45) is 0. The number of aromatic nitrogens is 1. The third-order valence-corrected chi connectivity index (χ3v) is 9.04. The van der Waals surface area contributed by atoms with Gasteiger partial charge in [0.15, 0.2) is 14.6 Å². The van der Waals surface area contributed by atoms with Crippen LogP contribution >= 0.6 is 22.7 Å². The Labute approximate surface area is 242 Å². The molecule has 2 amide bonds. The van der Waals surface area contributed by atoms with E-state index in [-0.39, 0.29) is 52.2 Å². The fraction of sp³-hybridized carbons (Fsp3) is 0.400. The van der Waals surface area contributed by atoms with E-state index in [1.165, 1.54) is 32.2 Å². The van der Waals surface area contributed by atoms with Crippen molar-refractivity contribution in [2.45, 2.75) is 27.3 Å². The van der Waals surface area contributed by atoms with Crippen LogP contribution in [0.15, 0.2) is 23.2 Å². The Bertz CT molecular complexity index is 1660. The van der Waals surface area contributed by atoms with Crippen molar-refractivity contribution in [3.05, 3.63) is 44.8 Å². The molecular weight excluding hydrogens is 601 g/mol. The minimum absolute atomic E-state index is 0.0243. The van der Waals surface area contributed by atoms with Crippen molar-refractivity contribution in [1.29, 1.82) is 0 Å². The Balaban J connectivity index is 1.82. The molecule has 0 aliphatic heterocycles. The van der Waals surface area contributed by atoms with Crippen LogP contribution in [0.3, 0.4) is 0 Å². The molecule has 0 aliphatic rings. The van der Waals surface area contributed by atoms with Crippen LogP contribution in [0.5, 0.6) is 0 Å². The molecule has 12 nitrogen and oxygen atoms in total. The zero-order valence-corrected chi connectivity index (χ0v) is 25.1. The topological polar surface area (TPSA) is 159 Å². The number of nitrogens with zero attached hydrogens (tertiary/aromatic N) is 2. The van der Waals surface area contributed by atoms with Crippen molar-refractivity contribution < 1.29 is 46.2 Å². The van der Waals surface area contributed by atoms with Crippen LogP contribution in [0, 0.1) is 12.7 Å². The Morgan fingerprint density at radius 1 is 1.05 bits per heavy atom. The SMILES string of the molecule is CCOC(=O)c1sc(NC(=O)CS(=O)(=O)CC(=O)N=c2sc3cc(F)ccc3n2CCOC)c(C(=O)OCC)c1C. The number of nitrogens with one attached hydrogen (secondary N) is 1. The summed E-state index contributed by atoms with van der Waals surface area (Å²) in [6.45, 7) is 5.30. The number of benzene rings is 1. The highest BCUT2D eigenvalue weighted by Gasteiger charge is 2.29. The number of amides is 2. The normalized spacial score (nSPS) is 12.0. The Morgan fingerprint density at radius 2 is 1.73 bits per heavy atom. The van der Waals surface area contributed by atoms with E-state index in [4.69, 9.17) is 14.2 Å². The zero-order chi connectivity index (χ0) is 30.3. The lowest BCUT2D eigenvalue weighted by Crippen LogP contribution is -2.28. The first-order chi connectivity index (χ1) is 19.4. The number of halogens is 1. The first-order valence-electron chi connectivity index (χ1n) is 12.2. The lowest BCUT2D eigenvalue weighted by molar-refractivity contribution is -0.115. The molecule has 0 unspecified atom stereocenters. The zero-order valence-electron chi connectivity index (χ0n) is 22.6. The number of carbonyl (C=O) groups is 4. The monoisotopic (exact) mass is 629 g/mol. The molecule has 1 aromatic carbocycles. The van der Waals surface area contributed by atoms with Crippen LogP contribution in [0.4, 0.5) is 9.39 Å². The van der Waals surface area contributed by atoms with Crippen LogP contribution in [0.2, 0.25) is 0 Å². The molecule has 2 heterocycles. The largest absolute Gasteiger partial charge is 0.462 e. The summed E-state index contributed by atoms with van der Waals surface area (Å²) in [5.74, 6) is -6.24. The summed E-state index contributed by atoms with van der Waals surface area (Å²) in [7, 11) is -2.82. The van der Waals surface area contributed by atoms with Crippen LogP contribution in [0.1, 0.15) is 39.4 Å². The lowest BCUT2D eigenvalue weighted by Gasteiger charge is -2.07. The van der Waals surface area contributed by atoms with E-state index in [2.05, 4.69) is 10.3 Å². The van der Waals surface area contributed by atoms with Gasteiger partial charge < -0.3 is 24.1 Å². The molecule has 0 atom stereocenters. The number of hydrogen-bond acceptors (Lipinski definition) is 11. The van der Waals surface area contributed by atoms with E-state index >= 15 is 0 Å². The lowest BCUT2D eigenvalue weighted by atomic mass is 10.1. The standard InChI is InChI=1S/C25H28FN3O9S3/c1-5-37-23(32)20-14(3)21(24(33)38-6-2)40-22(20)27-18(30)12-41(34,35)13-19(31)28-25-29(9-10-36-4)16-8-7-15(26)11-17(16)39-25/h7-8,11H,5-6,9-10,12-13H2,1-4H3,(H,27,30). The van der Waals surface area contributed by atoms with Gasteiger partial charge in [0.05, 0.1) is 35.6 Å². The molecule has 3 rings (SSSR count). The summed E-state index contributed by atoms with van der Waals surface area (Å²) in [5.41, 5.74) is 0.704. The third-order valence-electron chi connectivity index (χ3n) is 5.42. The van der Waals surface area contributed by atoms with Gasteiger partial charge in [0.2, 0.25) is 5.91 Å². The molecule has 0 spiro atoms. The van der Waals surface area contributed by atoms with E-state index in [9.17, 15) is 32.0 Å². The van der Waals surface area contributed by atoms with Gasteiger partial charge >= 0.3 is 11.9 Å². The predicted octanol–water partition coefficient (Wildman–Crippen LogP) is 2.69. The number of rotatable bonds is 12. The Morgan fingerprint density at radius 3 is 2.39 bits per heavy atom. The van der Waals surface area contributed by atoms with E-state index in [1.54, 1.807) is 18.4 Å². The first kappa shape index (κ1) is 32.0. The van der Waals surface area contributed by atoms with Crippen molar-refractivity contribution in [3.8, 4) is 0 Å². The van der Waals surface area contributed by atoms with Gasteiger partial charge in [0.1, 0.15) is 27.2 Å². The maximum Gasteiger partial charge on any atom is 0.348 e. The molecule has 0 fully saturated rings. The molecule has 3 aromatic rings. The number of methoxy groups -OCH3 is 1. The van der Waals surface area contributed by atoms with Crippen molar-refractivity contribution in [1.82, 2.24) is 4.57 Å². The number of thiazole rings is 1. The summed E-state index contributed by atoms with van der Waals surface area (Å²) in [5, 5.41) is 2.25. The third kappa shape index (κ3) is 8.06. The molecule has 0 radical (unpaired) electrons. The maximum absolute atomic E-state index is 13.7. The highest BCUT2D eigenvalue weighted by molar-refractivity contribution is 7.92. The van der Waals surface area contributed by atoms with Crippen LogP contribution in [-0.2, 0) is 40.2 Å². The fourth-order valence-corrected chi connectivity index (χ4v) is 6.93. The van der Waals surface area contributed by atoms with Gasteiger partial charge in [-0.3, -0.25) is 9.59 Å². The minimum Gasteiger partial charge on any atom is -0.462 e. The van der Waals surface area contributed by atoms with Gasteiger partial charge in [0.25, 0.3) is 5.91 Å². The highest BCUT2D eigenvalue weighted by Crippen LogP contribution is 2.34. The number of esters is 2. The van der Waals surface area contributed by atoms with Crippen molar-refractivity contribution in [2.24, 2.45) is 4.99 Å². The minimum atomic E-state index is -4.31. The van der Waals surface area contributed by atoms with E-state index < -0.39 is 50.9 Å². The predicted molar refractivity (Wildman–Crippen MR) is 150 cm³/mol. The van der Waals surface area contributed by atoms with E-state index in [0.29, 0.717) is 10.2 Å². The molecular formula is C25H28FN3O9S3. The quantitative estimate of drug-likeness (QED) is 0.297. The molecule has 0 bridgehead atoms. The average Bonchev–Trinajstić information content (AvgIpc) is 3.37. The average molecular weight is 630 g/mol. The second-order valence-electron chi connectivity index (χ2n) is 8.43. The number of sulfone groups is 1. The molecule has 1 N–H and O–H groups in total. The van der Waals surface area contributed by atoms with Gasteiger partial charge in [0, 0.05) is 13.7 Å². The summed E-state index contributed by atoms with van der Waals surface area (Å²) >= 11 is 1.75. The fourth-order valence-electron chi connectivity index (χ4n) is 3.71. The van der Waals surface area contributed by atoms with Crippen LogP contribution < -0.4 is 10.1 Å². The summed E-state index contributed by atoms with van der Waals surface area (Å²) in [4.78, 5) is 54.3. The first-order valence-corrected chi connectivity index (χ1v) is 15.7. The van der Waals surface area contributed by atoms with Gasteiger partial charge in [-0.2, -0.15) is 4.99 Å². The molecule has 41 heavy (non-hydrogen) atoms. The van der Waals surface area contributed by atoms with Crippen LogP contribution in [0.25, 0.3) is 10.2 Å². The number of ether oxygens (including phenoxy) is 3. The molecule has 222 valence electrons. The molecule has 0 saturated heterocycles. The Hall–Kier alpha value is -3.47. The number of thiophene rings is 1. The maximum atomic E-state index is 13.7.